The van der Waals surface area contributed by atoms with Gasteiger partial charge in [0.05, 0.1) is 0 Å². The summed E-state index contributed by atoms with van der Waals surface area (Å²) in [6.45, 7) is 0. The van der Waals surface area contributed by atoms with E-state index in [0.29, 0.717) is 0 Å². The molecule has 1 aromatic carbocycles. The molecule has 0 fully saturated rings. The van der Waals surface area contributed by atoms with Crippen molar-refractivity contribution in [2.45, 2.75) is 0 Å². The molecule has 2 rings (SSSR count). The Bertz CT molecular complexity index is 315. The average molecular weight is 131 g/mol. The summed E-state index contributed by atoms with van der Waals surface area (Å²) in [5.41, 5.74) is 1.86. The van der Waals surface area contributed by atoms with Crippen molar-refractivity contribution in [3.8, 4) is 0 Å². The maximum Gasteiger partial charge on any atom is 1.00 e. The minimum atomic E-state index is 0. The number of rotatable bonds is 0. The third-order valence-electron chi connectivity index (χ3n) is 1.64. The first-order valence-electron chi connectivity index (χ1n) is 3.19. The van der Waals surface area contributed by atoms with Gasteiger partial charge in [0.15, 0.2) is 5.78 Å². The van der Waals surface area contributed by atoms with Gasteiger partial charge in [0.2, 0.25) is 0 Å². The second-order valence-corrected chi connectivity index (χ2v) is 2.28. The normalized spacial score (nSPS) is 13.8. The lowest BCUT2D eigenvalue weighted by Crippen LogP contribution is -1.89. The van der Waals surface area contributed by atoms with Crippen molar-refractivity contribution >= 4 is 11.9 Å². The van der Waals surface area contributed by atoms with Crippen molar-refractivity contribution in [1.29, 1.82) is 0 Å². The molecule has 0 spiro atoms. The number of hydrogen-bond acceptors (Lipinski definition) is 1. The molecule has 0 saturated heterocycles. The minimum Gasteiger partial charge on any atom is -0.289 e. The van der Waals surface area contributed by atoms with Crippen molar-refractivity contribution in [1.82, 2.24) is 0 Å². The van der Waals surface area contributed by atoms with Gasteiger partial charge in [-0.2, -0.15) is 0 Å². The van der Waals surface area contributed by atoms with Crippen molar-refractivity contribution in [2.75, 3.05) is 0 Å². The van der Waals surface area contributed by atoms with Crippen LogP contribution >= 0.6 is 0 Å². The lowest BCUT2D eigenvalue weighted by atomic mass is 10.1. The Morgan fingerprint density at radius 2 is 1.90 bits per heavy atom. The molecule has 0 saturated carbocycles. The number of carbonyl (C=O) groups excluding carboxylic acids is 1. The molecule has 1 aromatic rings. The predicted octanol–water partition coefficient (Wildman–Crippen LogP) is 2.01. The summed E-state index contributed by atoms with van der Waals surface area (Å²) in [6, 6.07) is 7.60. The maximum atomic E-state index is 11.0. The molecule has 0 bridgehead atoms. The SMILES string of the molecule is O=C1C=Cc2ccccc21.[H+]. The molecule has 0 amide bonds. The van der Waals surface area contributed by atoms with E-state index in [0.717, 1.165) is 11.1 Å². The molecule has 1 aliphatic carbocycles. The van der Waals surface area contributed by atoms with Crippen LogP contribution in [-0.2, 0) is 0 Å². The first-order valence-corrected chi connectivity index (χ1v) is 3.19. The van der Waals surface area contributed by atoms with E-state index in [2.05, 4.69) is 0 Å². The fraction of sp³-hybridized carbons (Fsp3) is 0. The Kier molecular flexibility index (Phi) is 0.978. The van der Waals surface area contributed by atoms with Crippen LogP contribution in [0, 0.1) is 0 Å². The molecule has 0 aromatic heterocycles. The van der Waals surface area contributed by atoms with Crippen LogP contribution in [0.25, 0.3) is 6.08 Å². The number of ketones is 1. The van der Waals surface area contributed by atoms with Crippen molar-refractivity contribution in [3.05, 3.63) is 41.5 Å². The fourth-order valence-electron chi connectivity index (χ4n) is 1.12. The van der Waals surface area contributed by atoms with Crippen molar-refractivity contribution in [3.63, 3.8) is 0 Å². The first-order chi connectivity index (χ1) is 4.88. The van der Waals surface area contributed by atoms with E-state index in [1.165, 1.54) is 0 Å². The highest BCUT2D eigenvalue weighted by Gasteiger charge is 2.10. The standard InChI is InChI=1S/C9H6O/c10-9-6-5-7-3-1-2-4-8(7)9/h1-6H/p+1. The fourth-order valence-corrected chi connectivity index (χ4v) is 1.12. The molecule has 0 heterocycles. The van der Waals surface area contributed by atoms with Crippen molar-refractivity contribution in [2.24, 2.45) is 0 Å². The number of allylic oxidation sites excluding steroid dienone is 1. The van der Waals surface area contributed by atoms with Crippen molar-refractivity contribution < 1.29 is 6.22 Å². The molecule has 0 radical (unpaired) electrons. The quantitative estimate of drug-likeness (QED) is 0.526. The van der Waals surface area contributed by atoms with Crippen LogP contribution in [0.4, 0.5) is 0 Å². The van der Waals surface area contributed by atoms with Gasteiger partial charge in [-0.1, -0.05) is 30.3 Å². The third kappa shape index (κ3) is 0.605. The van der Waals surface area contributed by atoms with Gasteiger partial charge in [-0.15, -0.1) is 0 Å². The highest BCUT2D eigenvalue weighted by atomic mass is 16.1. The zero-order chi connectivity index (χ0) is 6.97. The highest BCUT2D eigenvalue weighted by Crippen LogP contribution is 2.17. The van der Waals surface area contributed by atoms with E-state index in [4.69, 9.17) is 0 Å². The molecule has 0 atom stereocenters. The van der Waals surface area contributed by atoms with Crippen LogP contribution in [-0.4, -0.2) is 5.78 Å². The lowest BCUT2D eigenvalue weighted by molar-refractivity contribution is 0.105. The Labute approximate surface area is 60.5 Å². The van der Waals surface area contributed by atoms with Gasteiger partial charge in [0.25, 0.3) is 0 Å². The summed E-state index contributed by atoms with van der Waals surface area (Å²) in [5.74, 6) is 0.121. The summed E-state index contributed by atoms with van der Waals surface area (Å²) in [4.78, 5) is 11.0. The molecule has 10 heavy (non-hydrogen) atoms. The van der Waals surface area contributed by atoms with Gasteiger partial charge in [0, 0.05) is 5.56 Å². The third-order valence-corrected chi connectivity index (χ3v) is 1.64. The molecule has 1 heteroatoms. The Hall–Kier alpha value is -1.37. The summed E-state index contributed by atoms with van der Waals surface area (Å²) in [5, 5.41) is 0. The Morgan fingerprint density at radius 3 is 2.70 bits per heavy atom. The lowest BCUT2D eigenvalue weighted by Gasteiger charge is -1.92. The van der Waals surface area contributed by atoms with Crippen LogP contribution in [0.2, 0.25) is 0 Å². The van der Waals surface area contributed by atoms with Crippen LogP contribution < -0.4 is 0 Å². The second-order valence-electron chi connectivity index (χ2n) is 2.28. The monoisotopic (exact) mass is 131 g/mol. The highest BCUT2D eigenvalue weighted by molar-refractivity contribution is 6.13. The van der Waals surface area contributed by atoms with Crippen LogP contribution in [0.5, 0.6) is 0 Å². The molecular weight excluding hydrogens is 124 g/mol. The summed E-state index contributed by atoms with van der Waals surface area (Å²) in [6.07, 6.45) is 3.45. The molecule has 1 aliphatic rings. The Morgan fingerprint density at radius 1 is 1.10 bits per heavy atom. The Balaban J connectivity index is 0.000000605. The van der Waals surface area contributed by atoms with Crippen LogP contribution in [0.3, 0.4) is 0 Å². The molecule has 1 nitrogen and oxygen atoms in total. The van der Waals surface area contributed by atoms with Gasteiger partial charge >= 0.3 is 1.43 Å². The van der Waals surface area contributed by atoms with E-state index in [-0.39, 0.29) is 7.21 Å². The zero-order valence-corrected chi connectivity index (χ0v) is 5.37. The molecule has 0 N–H and O–H groups in total. The summed E-state index contributed by atoms with van der Waals surface area (Å²) >= 11 is 0. The van der Waals surface area contributed by atoms with Crippen LogP contribution in [0.15, 0.2) is 30.3 Å². The van der Waals surface area contributed by atoms with Gasteiger partial charge in [-0.25, -0.2) is 0 Å². The van der Waals surface area contributed by atoms with E-state index >= 15 is 0 Å². The smallest absolute Gasteiger partial charge is 0.289 e. The first kappa shape index (κ1) is 5.42. The number of hydrogen-bond donors (Lipinski definition) is 0. The van der Waals surface area contributed by atoms with E-state index in [1.54, 1.807) is 6.08 Å². The van der Waals surface area contributed by atoms with Gasteiger partial charge < -0.3 is 0 Å². The molecule has 0 unspecified atom stereocenters. The number of carbonyl (C=O) groups is 1. The maximum absolute atomic E-state index is 11.0. The summed E-state index contributed by atoms with van der Waals surface area (Å²) < 4.78 is 0. The largest absolute Gasteiger partial charge is 1.00 e. The van der Waals surface area contributed by atoms with E-state index in [9.17, 15) is 4.79 Å². The molecule has 0 aliphatic heterocycles. The van der Waals surface area contributed by atoms with Gasteiger partial charge in [0.1, 0.15) is 0 Å². The van der Waals surface area contributed by atoms with Gasteiger partial charge in [-0.3, -0.25) is 4.79 Å². The van der Waals surface area contributed by atoms with E-state index in [1.807, 2.05) is 30.3 Å². The minimum absolute atomic E-state index is 0. The zero-order valence-electron chi connectivity index (χ0n) is 6.37. The van der Waals surface area contributed by atoms with Crippen LogP contribution in [0.1, 0.15) is 17.3 Å². The number of benzene rings is 1. The predicted molar refractivity (Wildman–Crippen MR) is 40.9 cm³/mol. The molecular formula is C9H7O+. The van der Waals surface area contributed by atoms with E-state index < -0.39 is 0 Å². The van der Waals surface area contributed by atoms with Gasteiger partial charge in [-0.05, 0) is 11.6 Å². The number of fused-ring (bicyclic) bond motifs is 1. The second kappa shape index (κ2) is 1.81. The molecule has 48 valence electrons. The topological polar surface area (TPSA) is 17.1 Å². The summed E-state index contributed by atoms with van der Waals surface area (Å²) in [7, 11) is 0. The average Bonchev–Trinajstić information content (AvgIpc) is 2.34.